The molecule has 0 aliphatic heterocycles. The van der Waals surface area contributed by atoms with Gasteiger partial charge in [-0.2, -0.15) is 0 Å². The first kappa shape index (κ1) is 24.3. The Morgan fingerprint density at radius 3 is 2.38 bits per heavy atom. The van der Waals surface area contributed by atoms with Gasteiger partial charge in [-0.1, -0.05) is 13.3 Å². The van der Waals surface area contributed by atoms with E-state index in [0.717, 1.165) is 24.3 Å². The van der Waals surface area contributed by atoms with Crippen molar-refractivity contribution in [1.29, 1.82) is 0 Å². The maximum atomic E-state index is 11.9. The van der Waals surface area contributed by atoms with E-state index in [1.807, 2.05) is 52.0 Å². The van der Waals surface area contributed by atoms with Gasteiger partial charge in [0, 0.05) is 5.69 Å². The van der Waals surface area contributed by atoms with E-state index in [-0.39, 0.29) is 36.0 Å². The van der Waals surface area contributed by atoms with Crippen molar-refractivity contribution in [1.82, 2.24) is 5.32 Å². The van der Waals surface area contributed by atoms with Crippen molar-refractivity contribution in [2.75, 3.05) is 19.0 Å². The van der Waals surface area contributed by atoms with E-state index in [1.165, 1.54) is 0 Å². The maximum Gasteiger partial charge on any atom is 0.407 e. The minimum Gasteiger partial charge on any atom is -0.497 e. The molecule has 4 N–H and O–H groups in total. The van der Waals surface area contributed by atoms with Crippen LogP contribution in [-0.2, 0) is 4.74 Å². The lowest BCUT2D eigenvalue weighted by atomic mass is 10.1. The number of amides is 1. The quantitative estimate of drug-likeness (QED) is 0.315. The highest BCUT2D eigenvalue weighted by molar-refractivity contribution is 14.0. The molecule has 7 nitrogen and oxygen atoms in total. The molecule has 0 saturated heterocycles. The second-order valence-corrected chi connectivity index (χ2v) is 6.71. The van der Waals surface area contributed by atoms with Crippen molar-refractivity contribution in [2.24, 2.45) is 10.7 Å². The predicted octanol–water partition coefficient (Wildman–Crippen LogP) is 3.73. The molecular weight excluding hydrogens is 447 g/mol. The van der Waals surface area contributed by atoms with Crippen LogP contribution >= 0.6 is 24.0 Å². The van der Waals surface area contributed by atoms with Crippen molar-refractivity contribution in [3.8, 4) is 5.75 Å². The fraction of sp³-hybridized carbons (Fsp3) is 0.556. The molecule has 1 amide bonds. The third-order valence-corrected chi connectivity index (χ3v) is 3.20. The smallest absolute Gasteiger partial charge is 0.407 e. The van der Waals surface area contributed by atoms with Crippen LogP contribution in [0.4, 0.5) is 10.5 Å². The van der Waals surface area contributed by atoms with E-state index in [9.17, 15) is 4.79 Å². The number of rotatable bonds is 7. The van der Waals surface area contributed by atoms with Crippen LogP contribution in [0, 0.1) is 0 Å². The lowest BCUT2D eigenvalue weighted by Crippen LogP contribution is -2.41. The number of ether oxygens (including phenoxy) is 2. The Hall–Kier alpha value is -1.71. The van der Waals surface area contributed by atoms with Crippen LogP contribution in [-0.4, -0.2) is 37.4 Å². The van der Waals surface area contributed by atoms with Crippen molar-refractivity contribution in [2.45, 2.75) is 52.2 Å². The Morgan fingerprint density at radius 2 is 1.88 bits per heavy atom. The average Bonchev–Trinajstić information content (AvgIpc) is 2.52. The summed E-state index contributed by atoms with van der Waals surface area (Å²) in [4.78, 5) is 16.2. The summed E-state index contributed by atoms with van der Waals surface area (Å²) < 4.78 is 10.4. The van der Waals surface area contributed by atoms with Gasteiger partial charge >= 0.3 is 6.09 Å². The SMILES string of the molecule is CCCC(CN=C(N)Nc1ccc(OC)cc1)NC(=O)OC(C)(C)C.I. The number of hydrogen-bond acceptors (Lipinski definition) is 4. The summed E-state index contributed by atoms with van der Waals surface area (Å²) in [6.07, 6.45) is 1.27. The van der Waals surface area contributed by atoms with E-state index in [1.54, 1.807) is 7.11 Å². The molecule has 1 aromatic carbocycles. The molecule has 0 aliphatic carbocycles. The third-order valence-electron chi connectivity index (χ3n) is 3.20. The molecule has 1 rings (SSSR count). The van der Waals surface area contributed by atoms with E-state index in [4.69, 9.17) is 15.2 Å². The molecule has 148 valence electrons. The molecule has 0 spiro atoms. The summed E-state index contributed by atoms with van der Waals surface area (Å²) in [5.41, 5.74) is 6.20. The lowest BCUT2D eigenvalue weighted by molar-refractivity contribution is 0.0503. The molecule has 0 saturated carbocycles. The number of aliphatic imine (C=N–C) groups is 1. The highest BCUT2D eigenvalue weighted by Crippen LogP contribution is 2.14. The first-order valence-corrected chi connectivity index (χ1v) is 8.44. The number of nitrogens with two attached hydrogens (primary N) is 1. The monoisotopic (exact) mass is 478 g/mol. The highest BCUT2D eigenvalue weighted by atomic mass is 127. The topological polar surface area (TPSA) is 98.0 Å². The Morgan fingerprint density at radius 1 is 1.27 bits per heavy atom. The summed E-state index contributed by atoms with van der Waals surface area (Å²) in [5.74, 6) is 1.06. The molecule has 8 heteroatoms. The first-order valence-electron chi connectivity index (χ1n) is 8.44. The standard InChI is InChI=1S/C18H30N4O3.HI/c1-6-7-14(22-17(23)25-18(2,3)4)12-20-16(19)21-13-8-10-15(24-5)11-9-13;/h8-11,14H,6-7,12H2,1-5H3,(H,22,23)(H3,19,20,21);1H. The number of carbonyl (C=O) groups excluding carboxylic acids is 1. The number of carbonyl (C=O) groups is 1. The van der Waals surface area contributed by atoms with Crippen molar-refractivity contribution in [3.63, 3.8) is 0 Å². The minimum atomic E-state index is -0.529. The van der Waals surface area contributed by atoms with Crippen LogP contribution in [0.3, 0.4) is 0 Å². The fourth-order valence-corrected chi connectivity index (χ4v) is 2.10. The second kappa shape index (κ2) is 11.8. The number of halogens is 1. The normalized spacial score (nSPS) is 12.6. The number of alkyl carbamates (subject to hydrolysis) is 1. The van der Waals surface area contributed by atoms with Crippen LogP contribution in [0.2, 0.25) is 0 Å². The number of anilines is 1. The zero-order valence-electron chi connectivity index (χ0n) is 16.2. The first-order chi connectivity index (χ1) is 11.7. The van der Waals surface area contributed by atoms with Gasteiger partial charge in [-0.15, -0.1) is 24.0 Å². The molecule has 0 aromatic heterocycles. The molecular formula is C18H31IN4O3. The molecule has 0 heterocycles. The average molecular weight is 478 g/mol. The van der Waals surface area contributed by atoms with Gasteiger partial charge < -0.3 is 25.8 Å². The Kier molecular flexibility index (Phi) is 11.0. The zero-order valence-corrected chi connectivity index (χ0v) is 18.5. The van der Waals surface area contributed by atoms with E-state index >= 15 is 0 Å². The number of nitrogens with zero attached hydrogens (tertiary/aromatic N) is 1. The number of methoxy groups -OCH3 is 1. The minimum absolute atomic E-state index is 0. The fourth-order valence-electron chi connectivity index (χ4n) is 2.10. The summed E-state index contributed by atoms with van der Waals surface area (Å²) in [7, 11) is 1.61. The van der Waals surface area contributed by atoms with Crippen LogP contribution in [0.1, 0.15) is 40.5 Å². The Labute approximate surface area is 173 Å². The molecule has 26 heavy (non-hydrogen) atoms. The van der Waals surface area contributed by atoms with Crippen molar-refractivity contribution in [3.05, 3.63) is 24.3 Å². The van der Waals surface area contributed by atoms with Crippen molar-refractivity contribution >= 4 is 41.7 Å². The largest absolute Gasteiger partial charge is 0.497 e. The Bertz CT molecular complexity index is 571. The zero-order chi connectivity index (χ0) is 18.9. The predicted molar refractivity (Wildman–Crippen MR) is 117 cm³/mol. The molecule has 0 bridgehead atoms. The molecule has 1 unspecified atom stereocenters. The van der Waals surface area contributed by atoms with Gasteiger partial charge in [0.15, 0.2) is 5.96 Å². The van der Waals surface area contributed by atoms with Gasteiger partial charge in [0.05, 0.1) is 19.7 Å². The van der Waals surface area contributed by atoms with Gasteiger partial charge in [-0.05, 0) is 51.5 Å². The van der Waals surface area contributed by atoms with Gasteiger partial charge in [0.25, 0.3) is 0 Å². The molecule has 0 fully saturated rings. The summed E-state index contributed by atoms with van der Waals surface area (Å²) in [5, 5.41) is 5.85. The van der Waals surface area contributed by atoms with E-state index < -0.39 is 11.7 Å². The van der Waals surface area contributed by atoms with Gasteiger partial charge in [0.1, 0.15) is 11.4 Å². The Balaban J connectivity index is 0.00000625. The number of hydrogen-bond donors (Lipinski definition) is 3. The van der Waals surface area contributed by atoms with Crippen LogP contribution in [0.25, 0.3) is 0 Å². The summed E-state index contributed by atoms with van der Waals surface area (Å²) >= 11 is 0. The van der Waals surface area contributed by atoms with Gasteiger partial charge in [-0.3, -0.25) is 4.99 Å². The van der Waals surface area contributed by atoms with Crippen LogP contribution < -0.4 is 21.1 Å². The molecule has 0 aliphatic rings. The third kappa shape index (κ3) is 10.3. The number of benzene rings is 1. The maximum absolute atomic E-state index is 11.9. The van der Waals surface area contributed by atoms with Crippen LogP contribution in [0.15, 0.2) is 29.3 Å². The number of guanidine groups is 1. The molecule has 0 radical (unpaired) electrons. The molecule has 1 atom stereocenters. The van der Waals surface area contributed by atoms with E-state index in [0.29, 0.717) is 6.54 Å². The van der Waals surface area contributed by atoms with Gasteiger partial charge in [-0.25, -0.2) is 4.79 Å². The summed E-state index contributed by atoms with van der Waals surface area (Å²) in [6.45, 7) is 7.91. The summed E-state index contributed by atoms with van der Waals surface area (Å²) in [6, 6.07) is 7.24. The van der Waals surface area contributed by atoms with Crippen molar-refractivity contribution < 1.29 is 14.3 Å². The second-order valence-electron chi connectivity index (χ2n) is 6.71. The van der Waals surface area contributed by atoms with E-state index in [2.05, 4.69) is 15.6 Å². The van der Waals surface area contributed by atoms with Gasteiger partial charge in [0.2, 0.25) is 0 Å². The molecule has 1 aromatic rings. The van der Waals surface area contributed by atoms with Crippen LogP contribution in [0.5, 0.6) is 5.75 Å². The highest BCUT2D eigenvalue weighted by Gasteiger charge is 2.19. The number of nitrogens with one attached hydrogen (secondary N) is 2. The lowest BCUT2D eigenvalue weighted by Gasteiger charge is -2.22.